The number of nitrogens with one attached hydrogen (secondary N) is 2. The lowest BCUT2D eigenvalue weighted by Crippen LogP contribution is -2.29. The van der Waals surface area contributed by atoms with Crippen molar-refractivity contribution in [3.63, 3.8) is 0 Å². The van der Waals surface area contributed by atoms with Gasteiger partial charge in [-0.2, -0.15) is 13.2 Å². The first-order valence-corrected chi connectivity index (χ1v) is 13.4. The predicted molar refractivity (Wildman–Crippen MR) is 136 cm³/mol. The Morgan fingerprint density at radius 3 is 2.46 bits per heavy atom. The van der Waals surface area contributed by atoms with Crippen LogP contribution in [0.1, 0.15) is 33.7 Å². The topological polar surface area (TPSA) is 88.4 Å². The van der Waals surface area contributed by atoms with Crippen LogP contribution in [0.25, 0.3) is 22.1 Å². The van der Waals surface area contributed by atoms with E-state index in [-0.39, 0.29) is 18.9 Å². The fourth-order valence-corrected chi connectivity index (χ4v) is 4.50. The minimum Gasteiger partial charge on any atom is -0.461 e. The zero-order valence-electron chi connectivity index (χ0n) is 19.9. The highest BCUT2D eigenvalue weighted by Crippen LogP contribution is 2.33. The van der Waals surface area contributed by atoms with Crippen molar-refractivity contribution in [3.8, 4) is 11.1 Å². The minimum atomic E-state index is -4.42. The van der Waals surface area contributed by atoms with Gasteiger partial charge in [0, 0.05) is 30.5 Å². The van der Waals surface area contributed by atoms with E-state index in [2.05, 4.69) is 10.0 Å². The Balaban J connectivity index is 1.51. The van der Waals surface area contributed by atoms with Crippen molar-refractivity contribution in [1.82, 2.24) is 10.0 Å². The van der Waals surface area contributed by atoms with Gasteiger partial charge in [0.25, 0.3) is 5.91 Å². The van der Waals surface area contributed by atoms with Crippen molar-refractivity contribution >= 4 is 26.9 Å². The Morgan fingerprint density at radius 2 is 1.70 bits per heavy atom. The van der Waals surface area contributed by atoms with E-state index < -0.39 is 21.8 Å². The SMILES string of the molecule is CS(=O)(=O)NCCCNC(=O)c1cccc(-c2cccc3oc(Cc4cccc(C(F)(F)F)c4)cc23)c1. The zero-order valence-corrected chi connectivity index (χ0v) is 20.7. The van der Waals surface area contributed by atoms with Crippen LogP contribution in [0.5, 0.6) is 0 Å². The summed E-state index contributed by atoms with van der Waals surface area (Å²) in [6.07, 6.45) is -2.69. The van der Waals surface area contributed by atoms with E-state index in [9.17, 15) is 26.4 Å². The molecule has 2 N–H and O–H groups in total. The quantitative estimate of drug-likeness (QED) is 0.285. The molecule has 1 amide bonds. The monoisotopic (exact) mass is 530 g/mol. The molecule has 4 rings (SSSR count). The molecule has 0 atom stereocenters. The van der Waals surface area contributed by atoms with Crippen LogP contribution in [0.3, 0.4) is 0 Å². The maximum absolute atomic E-state index is 13.1. The molecule has 0 saturated heterocycles. The Labute approximate surface area is 212 Å². The summed E-state index contributed by atoms with van der Waals surface area (Å²) in [5, 5.41) is 3.56. The second-order valence-corrected chi connectivity index (χ2v) is 10.5. The van der Waals surface area contributed by atoms with E-state index in [1.807, 2.05) is 24.3 Å². The van der Waals surface area contributed by atoms with Gasteiger partial charge in [0.15, 0.2) is 0 Å². The van der Waals surface area contributed by atoms with Crippen LogP contribution in [0.2, 0.25) is 0 Å². The van der Waals surface area contributed by atoms with Crippen molar-refractivity contribution in [1.29, 1.82) is 0 Å². The van der Waals surface area contributed by atoms with Gasteiger partial charge in [-0.05, 0) is 53.4 Å². The fourth-order valence-electron chi connectivity index (χ4n) is 3.99. The Morgan fingerprint density at radius 1 is 0.946 bits per heavy atom. The molecule has 0 saturated carbocycles. The van der Waals surface area contributed by atoms with Gasteiger partial charge >= 0.3 is 6.18 Å². The van der Waals surface area contributed by atoms with E-state index in [4.69, 9.17) is 4.42 Å². The smallest absolute Gasteiger partial charge is 0.416 e. The molecule has 3 aromatic carbocycles. The van der Waals surface area contributed by atoms with Crippen LogP contribution in [-0.2, 0) is 22.6 Å². The summed E-state index contributed by atoms with van der Waals surface area (Å²) in [5.74, 6) is 0.240. The highest BCUT2D eigenvalue weighted by Gasteiger charge is 2.30. The molecule has 194 valence electrons. The number of carbonyl (C=O) groups excluding carboxylic acids is 1. The van der Waals surface area contributed by atoms with Gasteiger partial charge in [-0.25, -0.2) is 13.1 Å². The molecule has 37 heavy (non-hydrogen) atoms. The molecule has 6 nitrogen and oxygen atoms in total. The summed E-state index contributed by atoms with van der Waals surface area (Å²) >= 11 is 0. The predicted octanol–water partition coefficient (Wildman–Crippen LogP) is 5.38. The summed E-state index contributed by atoms with van der Waals surface area (Å²) in [7, 11) is -3.27. The van der Waals surface area contributed by atoms with Crippen molar-refractivity contribution in [2.75, 3.05) is 19.3 Å². The van der Waals surface area contributed by atoms with Gasteiger partial charge in [0.1, 0.15) is 11.3 Å². The van der Waals surface area contributed by atoms with Crippen LogP contribution in [0.15, 0.2) is 77.2 Å². The number of sulfonamides is 1. The van der Waals surface area contributed by atoms with E-state index in [0.717, 1.165) is 34.9 Å². The first-order valence-electron chi connectivity index (χ1n) is 11.5. The maximum atomic E-state index is 13.1. The lowest BCUT2D eigenvalue weighted by atomic mass is 9.99. The van der Waals surface area contributed by atoms with Gasteiger partial charge in [0.2, 0.25) is 10.0 Å². The number of hydrogen-bond donors (Lipinski definition) is 2. The van der Waals surface area contributed by atoms with E-state index in [1.165, 1.54) is 6.07 Å². The van der Waals surface area contributed by atoms with Gasteiger partial charge in [0.05, 0.1) is 11.8 Å². The molecular formula is C27H25F3N2O4S. The minimum absolute atomic E-state index is 0.203. The molecule has 0 aliphatic heterocycles. The van der Waals surface area contributed by atoms with Crippen molar-refractivity contribution in [2.24, 2.45) is 0 Å². The third-order valence-corrected chi connectivity index (χ3v) is 6.41. The average Bonchev–Trinajstić information content (AvgIpc) is 3.25. The third kappa shape index (κ3) is 6.99. The molecule has 0 aliphatic carbocycles. The lowest BCUT2D eigenvalue weighted by Gasteiger charge is -2.08. The standard InChI is InChI=1S/C27H25F3N2O4S/c1-37(34,35)32-13-5-12-31-26(33)20-8-3-7-19(16-20)23-10-4-11-25-24(23)17-22(36-25)15-18-6-2-9-21(14-18)27(28,29)30/h2-4,6-11,14,16-17,32H,5,12-13,15H2,1H3,(H,31,33). The van der Waals surface area contributed by atoms with Gasteiger partial charge in [-0.15, -0.1) is 0 Å². The molecule has 1 heterocycles. The molecule has 0 unspecified atom stereocenters. The summed E-state index contributed by atoms with van der Waals surface area (Å²) in [4.78, 5) is 12.6. The van der Waals surface area contributed by atoms with Crippen molar-refractivity contribution in [3.05, 3.63) is 95.2 Å². The number of amides is 1. The summed E-state index contributed by atoms with van der Waals surface area (Å²) < 4.78 is 69.7. The molecule has 0 fully saturated rings. The maximum Gasteiger partial charge on any atom is 0.416 e. The lowest BCUT2D eigenvalue weighted by molar-refractivity contribution is -0.137. The molecule has 0 aliphatic rings. The second kappa shape index (κ2) is 10.8. The normalized spacial score (nSPS) is 12.1. The number of rotatable bonds is 9. The first-order chi connectivity index (χ1) is 17.5. The van der Waals surface area contributed by atoms with E-state index in [1.54, 1.807) is 30.3 Å². The number of hydrogen-bond acceptors (Lipinski definition) is 4. The van der Waals surface area contributed by atoms with Gasteiger partial charge in [-0.3, -0.25) is 4.79 Å². The Hall–Kier alpha value is -3.63. The zero-order chi connectivity index (χ0) is 26.6. The highest BCUT2D eigenvalue weighted by molar-refractivity contribution is 7.88. The number of benzene rings is 3. The number of fused-ring (bicyclic) bond motifs is 1. The van der Waals surface area contributed by atoms with E-state index in [0.29, 0.717) is 35.4 Å². The molecule has 10 heteroatoms. The third-order valence-electron chi connectivity index (χ3n) is 5.68. The van der Waals surface area contributed by atoms with Crippen LogP contribution in [0.4, 0.5) is 13.2 Å². The summed E-state index contributed by atoms with van der Waals surface area (Å²) in [5.41, 5.74) is 2.42. The van der Waals surface area contributed by atoms with Crippen LogP contribution in [-0.4, -0.2) is 33.7 Å². The summed E-state index contributed by atoms with van der Waals surface area (Å²) in [6, 6.07) is 19.5. The molecule has 0 spiro atoms. The van der Waals surface area contributed by atoms with Gasteiger partial charge < -0.3 is 9.73 Å². The van der Waals surface area contributed by atoms with Gasteiger partial charge in [-0.1, -0.05) is 42.5 Å². The van der Waals surface area contributed by atoms with E-state index >= 15 is 0 Å². The van der Waals surface area contributed by atoms with Crippen molar-refractivity contribution < 1.29 is 30.8 Å². The Kier molecular flexibility index (Phi) is 7.70. The first kappa shape index (κ1) is 26.4. The Bertz CT molecular complexity index is 1530. The number of alkyl halides is 3. The van der Waals surface area contributed by atoms with Crippen molar-refractivity contribution in [2.45, 2.75) is 19.0 Å². The molecule has 4 aromatic rings. The second-order valence-electron chi connectivity index (χ2n) is 8.66. The largest absolute Gasteiger partial charge is 0.461 e. The molecule has 0 radical (unpaired) electrons. The number of halogens is 3. The molecule has 1 aromatic heterocycles. The highest BCUT2D eigenvalue weighted by atomic mass is 32.2. The molecule has 0 bridgehead atoms. The molecular weight excluding hydrogens is 505 g/mol. The fraction of sp³-hybridized carbons (Fsp3) is 0.222. The van der Waals surface area contributed by atoms with Crippen LogP contribution < -0.4 is 10.0 Å². The number of furan rings is 1. The summed E-state index contributed by atoms with van der Waals surface area (Å²) in [6.45, 7) is 0.534. The van der Waals surface area contributed by atoms with Crippen LogP contribution >= 0.6 is 0 Å². The average molecular weight is 531 g/mol. The number of carbonyl (C=O) groups is 1. The van der Waals surface area contributed by atoms with Crippen LogP contribution in [0, 0.1) is 0 Å².